The number of aromatic nitrogens is 2. The smallest absolute Gasteiger partial charge is 0.341 e. The Morgan fingerprint density at radius 3 is 2.58 bits per heavy atom. The number of aliphatic hydroxyl groups is 1. The van der Waals surface area contributed by atoms with Crippen LogP contribution in [0.5, 0.6) is 5.88 Å². The average molecular weight is 521 g/mol. The van der Waals surface area contributed by atoms with Crippen LogP contribution < -0.4 is 10.2 Å². The first kappa shape index (κ1) is 27.6. The van der Waals surface area contributed by atoms with Gasteiger partial charge in [0.25, 0.3) is 0 Å². The number of fused-ring (bicyclic) bond motifs is 1. The number of rotatable bonds is 10. The first-order valence-corrected chi connectivity index (χ1v) is 11.8. The van der Waals surface area contributed by atoms with Crippen LogP contribution in [-0.4, -0.2) is 52.7 Å². The number of nitrogens with zero attached hydrogens (tertiary/aromatic N) is 2. The number of hydrogen-bond acceptors (Lipinski definition) is 6. The second-order valence-electron chi connectivity index (χ2n) is 9.56. The minimum atomic E-state index is -1.40. The Hall–Kier alpha value is -3.01. The maximum Gasteiger partial charge on any atom is 0.341 e. The Morgan fingerprint density at radius 2 is 1.97 bits per heavy atom. The third-order valence-electron chi connectivity index (χ3n) is 5.93. The van der Waals surface area contributed by atoms with E-state index in [0.29, 0.717) is 18.6 Å². The molecule has 8 nitrogen and oxygen atoms in total. The van der Waals surface area contributed by atoms with Gasteiger partial charge in [0.05, 0.1) is 29.7 Å². The molecule has 0 fully saturated rings. The molecule has 1 atom stereocenters. The molecule has 3 rings (SSSR count). The summed E-state index contributed by atoms with van der Waals surface area (Å²) in [6, 6.07) is 5.49. The van der Waals surface area contributed by atoms with Crippen molar-refractivity contribution >= 4 is 28.6 Å². The van der Waals surface area contributed by atoms with Crippen LogP contribution in [0.1, 0.15) is 54.7 Å². The molecule has 0 saturated carbocycles. The quantitative estimate of drug-likeness (QED) is 0.379. The number of aliphatic hydroxyl groups excluding tert-OH is 1. The Kier molecular flexibility index (Phi) is 8.71. The second kappa shape index (κ2) is 11.4. The third kappa shape index (κ3) is 5.86. The second-order valence-corrected chi connectivity index (χ2v) is 9.96. The van der Waals surface area contributed by atoms with Crippen LogP contribution in [0, 0.1) is 11.2 Å². The normalized spacial score (nSPS) is 12.6. The molecule has 2 N–H and O–H groups in total. The summed E-state index contributed by atoms with van der Waals surface area (Å²) in [4.78, 5) is 29.7. The summed E-state index contributed by atoms with van der Waals surface area (Å²) < 4.78 is 27.2. The zero-order valence-electron chi connectivity index (χ0n) is 20.7. The van der Waals surface area contributed by atoms with Crippen molar-refractivity contribution in [3.05, 3.63) is 68.2 Å². The van der Waals surface area contributed by atoms with Crippen molar-refractivity contribution in [2.75, 3.05) is 26.9 Å². The minimum absolute atomic E-state index is 0.00832. The fourth-order valence-electron chi connectivity index (χ4n) is 3.98. The van der Waals surface area contributed by atoms with E-state index in [1.54, 1.807) is 19.2 Å². The average Bonchev–Trinajstić information content (AvgIpc) is 2.81. The molecule has 0 bridgehead atoms. The number of pyridine rings is 2. The van der Waals surface area contributed by atoms with Crippen LogP contribution in [0.2, 0.25) is 5.02 Å². The predicted octanol–water partition coefficient (Wildman–Crippen LogP) is 4.47. The van der Waals surface area contributed by atoms with Gasteiger partial charge in [-0.3, -0.25) is 4.79 Å². The number of carboxylic acid groups (broad SMARTS) is 1. The highest BCUT2D eigenvalue weighted by Crippen LogP contribution is 2.34. The first-order valence-electron chi connectivity index (χ1n) is 11.5. The number of halogens is 2. The lowest BCUT2D eigenvalue weighted by atomic mass is 9.86. The van der Waals surface area contributed by atoms with Gasteiger partial charge >= 0.3 is 5.97 Å². The molecule has 0 amide bonds. The molecule has 0 aliphatic rings. The van der Waals surface area contributed by atoms with Gasteiger partial charge in [0, 0.05) is 38.3 Å². The molecule has 0 aliphatic carbocycles. The van der Waals surface area contributed by atoms with Gasteiger partial charge in [0.1, 0.15) is 17.0 Å². The number of carboxylic acids is 1. The van der Waals surface area contributed by atoms with Gasteiger partial charge in [-0.05, 0) is 23.1 Å². The lowest BCUT2D eigenvalue weighted by Gasteiger charge is -2.32. The fraction of sp³-hybridized carbons (Fsp3) is 0.423. The summed E-state index contributed by atoms with van der Waals surface area (Å²) in [5.41, 5.74) is -0.870. The molecule has 3 aromatic rings. The number of benzene rings is 1. The van der Waals surface area contributed by atoms with Crippen molar-refractivity contribution in [3.63, 3.8) is 0 Å². The van der Waals surface area contributed by atoms with Crippen molar-refractivity contribution in [1.29, 1.82) is 0 Å². The first-order chi connectivity index (χ1) is 17.0. The minimum Gasteiger partial charge on any atom is -0.477 e. The van der Waals surface area contributed by atoms with E-state index in [0.717, 1.165) is 0 Å². The lowest BCUT2D eigenvalue weighted by Crippen LogP contribution is -2.31. The third-order valence-corrected chi connectivity index (χ3v) is 6.22. The van der Waals surface area contributed by atoms with E-state index in [4.69, 9.17) is 21.1 Å². The number of aromatic carboxylic acids is 1. The molecule has 2 aromatic heterocycles. The van der Waals surface area contributed by atoms with Crippen molar-refractivity contribution in [1.82, 2.24) is 9.55 Å². The van der Waals surface area contributed by atoms with Crippen molar-refractivity contribution in [3.8, 4) is 5.88 Å². The Bertz CT molecular complexity index is 1320. The lowest BCUT2D eigenvalue weighted by molar-refractivity contribution is 0.0692. The molecule has 1 aromatic carbocycles. The highest BCUT2D eigenvalue weighted by atomic mass is 35.5. The summed E-state index contributed by atoms with van der Waals surface area (Å²) in [5.74, 6) is -1.84. The fourth-order valence-corrected chi connectivity index (χ4v) is 4.17. The Morgan fingerprint density at radius 1 is 1.25 bits per heavy atom. The number of hydrogen-bond donors (Lipinski definition) is 2. The predicted molar refractivity (Wildman–Crippen MR) is 135 cm³/mol. The summed E-state index contributed by atoms with van der Waals surface area (Å²) >= 11 is 5.95. The van der Waals surface area contributed by atoms with Crippen LogP contribution in [0.15, 0.2) is 35.3 Å². The van der Waals surface area contributed by atoms with E-state index >= 15 is 0 Å². The summed E-state index contributed by atoms with van der Waals surface area (Å²) in [5, 5.41) is 19.9. The molecule has 2 heterocycles. The van der Waals surface area contributed by atoms with Crippen LogP contribution >= 0.6 is 11.6 Å². The van der Waals surface area contributed by atoms with E-state index < -0.39 is 34.2 Å². The molecule has 194 valence electrons. The highest BCUT2D eigenvalue weighted by molar-refractivity contribution is 6.30. The molecule has 0 spiro atoms. The van der Waals surface area contributed by atoms with Gasteiger partial charge in [-0.25, -0.2) is 9.18 Å². The van der Waals surface area contributed by atoms with E-state index in [2.05, 4.69) is 4.98 Å². The van der Waals surface area contributed by atoms with Crippen molar-refractivity contribution in [2.24, 2.45) is 5.41 Å². The highest BCUT2D eigenvalue weighted by Gasteiger charge is 2.29. The number of carbonyl (C=O) groups is 1. The maximum atomic E-state index is 14.7. The van der Waals surface area contributed by atoms with Gasteiger partial charge in [0.2, 0.25) is 11.3 Å². The molecule has 0 saturated heterocycles. The van der Waals surface area contributed by atoms with Gasteiger partial charge in [-0.15, -0.1) is 0 Å². The number of methoxy groups -OCH3 is 1. The Balaban J connectivity index is 2.30. The van der Waals surface area contributed by atoms with E-state index in [9.17, 15) is 24.2 Å². The zero-order valence-corrected chi connectivity index (χ0v) is 21.4. The molecular formula is C26H30ClFN2O6. The molecule has 10 heteroatoms. The van der Waals surface area contributed by atoms with Gasteiger partial charge in [0.15, 0.2) is 0 Å². The maximum absolute atomic E-state index is 14.7. The monoisotopic (exact) mass is 520 g/mol. The molecule has 0 unspecified atom stereocenters. The topological polar surface area (TPSA) is 111 Å². The van der Waals surface area contributed by atoms with Gasteiger partial charge in [-0.1, -0.05) is 44.5 Å². The van der Waals surface area contributed by atoms with E-state index in [1.807, 2.05) is 20.8 Å². The largest absolute Gasteiger partial charge is 0.477 e. The molecule has 0 aliphatic heterocycles. The van der Waals surface area contributed by atoms with Crippen LogP contribution in [0.4, 0.5) is 4.39 Å². The molecule has 0 radical (unpaired) electrons. The van der Waals surface area contributed by atoms with Crippen LogP contribution in [0.25, 0.3) is 11.0 Å². The summed E-state index contributed by atoms with van der Waals surface area (Å²) in [7, 11) is 1.57. The summed E-state index contributed by atoms with van der Waals surface area (Å²) in [6.45, 7) is 6.04. The SMILES string of the molecule is COCCCOc1nc2c(cc1Cc1cccc(Cl)c1F)c(=O)c(C(=O)O)cn2[C@H](CO)C(C)(C)C. The van der Waals surface area contributed by atoms with Crippen molar-refractivity contribution in [2.45, 2.75) is 39.7 Å². The van der Waals surface area contributed by atoms with Crippen molar-refractivity contribution < 1.29 is 28.9 Å². The van der Waals surface area contributed by atoms with Crippen LogP contribution in [-0.2, 0) is 11.2 Å². The van der Waals surface area contributed by atoms with Gasteiger partial charge in [-0.2, -0.15) is 4.98 Å². The van der Waals surface area contributed by atoms with Crippen LogP contribution in [0.3, 0.4) is 0 Å². The van der Waals surface area contributed by atoms with E-state index in [1.165, 1.54) is 22.9 Å². The molecular weight excluding hydrogens is 491 g/mol. The van der Waals surface area contributed by atoms with E-state index in [-0.39, 0.29) is 47.1 Å². The molecule has 36 heavy (non-hydrogen) atoms. The summed E-state index contributed by atoms with van der Waals surface area (Å²) in [6.07, 6.45) is 1.78. The van der Waals surface area contributed by atoms with Gasteiger partial charge < -0.3 is 24.3 Å². The Labute approximate surface area is 213 Å². The standard InChI is InChI=1S/C26H30ClFN2O6/c1-26(2,3)20(14-31)30-13-18(25(33)34)22(32)17-12-16(11-15-7-5-8-19(27)21(15)28)24(29-23(17)30)36-10-6-9-35-4/h5,7-8,12-13,20,31H,6,9-11,14H2,1-4H3,(H,33,34)/t20-/m1/s1. The zero-order chi connectivity index (χ0) is 26.6. The number of ether oxygens (including phenoxy) is 2.